The van der Waals surface area contributed by atoms with Crippen LogP contribution in [-0.4, -0.2) is 27.6 Å². The summed E-state index contributed by atoms with van der Waals surface area (Å²) in [6.45, 7) is 4.96. The SMILES string of the molecule is CC(C)c1ccc(NC(=O)N2CCCC2c2nc(-c3ccc(Br)cc3)no2)cc1. The second-order valence-corrected chi connectivity index (χ2v) is 8.44. The maximum absolute atomic E-state index is 12.9. The van der Waals surface area contributed by atoms with E-state index in [1.54, 1.807) is 4.90 Å². The van der Waals surface area contributed by atoms with Crippen LogP contribution >= 0.6 is 15.9 Å². The number of anilines is 1. The van der Waals surface area contributed by atoms with E-state index in [1.165, 1.54) is 5.56 Å². The van der Waals surface area contributed by atoms with Crippen LogP contribution in [-0.2, 0) is 0 Å². The predicted molar refractivity (Wildman–Crippen MR) is 116 cm³/mol. The zero-order valence-electron chi connectivity index (χ0n) is 16.4. The van der Waals surface area contributed by atoms with Crippen LogP contribution in [0.2, 0.25) is 0 Å². The normalized spacial score (nSPS) is 16.4. The molecule has 0 aliphatic carbocycles. The van der Waals surface area contributed by atoms with Gasteiger partial charge in [-0.1, -0.05) is 47.1 Å². The molecule has 1 atom stereocenters. The second-order valence-electron chi connectivity index (χ2n) is 7.52. The topological polar surface area (TPSA) is 71.3 Å². The van der Waals surface area contributed by atoms with Gasteiger partial charge < -0.3 is 14.7 Å². The van der Waals surface area contributed by atoms with Gasteiger partial charge in [0.25, 0.3) is 0 Å². The molecule has 1 aromatic heterocycles. The van der Waals surface area contributed by atoms with Gasteiger partial charge in [-0.15, -0.1) is 0 Å². The van der Waals surface area contributed by atoms with Gasteiger partial charge in [0.1, 0.15) is 6.04 Å². The van der Waals surface area contributed by atoms with E-state index >= 15 is 0 Å². The van der Waals surface area contributed by atoms with Crippen LogP contribution in [0, 0.1) is 0 Å². The molecule has 0 bridgehead atoms. The quantitative estimate of drug-likeness (QED) is 0.525. The number of hydrogen-bond donors (Lipinski definition) is 1. The Labute approximate surface area is 178 Å². The number of carbonyl (C=O) groups is 1. The molecule has 1 saturated heterocycles. The highest BCUT2D eigenvalue weighted by atomic mass is 79.9. The highest BCUT2D eigenvalue weighted by Gasteiger charge is 2.34. The molecule has 0 saturated carbocycles. The Kier molecular flexibility index (Phi) is 5.67. The van der Waals surface area contributed by atoms with Crippen molar-refractivity contribution < 1.29 is 9.32 Å². The molecule has 150 valence electrons. The number of amides is 2. The summed E-state index contributed by atoms with van der Waals surface area (Å²) in [7, 11) is 0. The summed E-state index contributed by atoms with van der Waals surface area (Å²) in [4.78, 5) is 19.2. The Morgan fingerprint density at radius 3 is 2.59 bits per heavy atom. The van der Waals surface area contributed by atoms with Crippen molar-refractivity contribution in [3.63, 3.8) is 0 Å². The average Bonchev–Trinajstić information content (AvgIpc) is 3.38. The molecule has 1 aliphatic heterocycles. The van der Waals surface area contributed by atoms with Crippen LogP contribution < -0.4 is 5.32 Å². The third kappa shape index (κ3) is 4.34. The molecule has 1 unspecified atom stereocenters. The summed E-state index contributed by atoms with van der Waals surface area (Å²) in [5, 5.41) is 7.09. The van der Waals surface area contributed by atoms with Crippen molar-refractivity contribution in [1.29, 1.82) is 0 Å². The smallest absolute Gasteiger partial charge is 0.322 e. The molecule has 2 heterocycles. The average molecular weight is 455 g/mol. The highest BCUT2D eigenvalue weighted by molar-refractivity contribution is 9.10. The number of urea groups is 1. The van der Waals surface area contributed by atoms with Crippen LogP contribution in [0.25, 0.3) is 11.4 Å². The van der Waals surface area contributed by atoms with E-state index in [0.717, 1.165) is 28.6 Å². The number of likely N-dealkylation sites (tertiary alicyclic amines) is 1. The second kappa shape index (κ2) is 8.37. The van der Waals surface area contributed by atoms with Crippen molar-refractivity contribution in [3.05, 3.63) is 64.5 Å². The minimum absolute atomic E-state index is 0.145. The zero-order chi connectivity index (χ0) is 20.4. The first-order valence-electron chi connectivity index (χ1n) is 9.78. The maximum Gasteiger partial charge on any atom is 0.322 e. The molecule has 1 N–H and O–H groups in total. The molecule has 7 heteroatoms. The molecule has 29 heavy (non-hydrogen) atoms. The van der Waals surface area contributed by atoms with Crippen molar-refractivity contribution >= 4 is 27.6 Å². The lowest BCUT2D eigenvalue weighted by Gasteiger charge is -2.22. The molecule has 1 aliphatic rings. The van der Waals surface area contributed by atoms with E-state index in [2.05, 4.69) is 45.2 Å². The van der Waals surface area contributed by atoms with Crippen molar-refractivity contribution in [2.45, 2.75) is 38.6 Å². The molecular formula is C22H23BrN4O2. The number of benzene rings is 2. The van der Waals surface area contributed by atoms with Crippen molar-refractivity contribution in [2.75, 3.05) is 11.9 Å². The van der Waals surface area contributed by atoms with E-state index < -0.39 is 0 Å². The van der Waals surface area contributed by atoms with Gasteiger partial charge in [0.05, 0.1) is 0 Å². The van der Waals surface area contributed by atoms with Gasteiger partial charge in [-0.25, -0.2) is 4.79 Å². The summed E-state index contributed by atoms with van der Waals surface area (Å²) in [5.74, 6) is 1.47. The number of hydrogen-bond acceptors (Lipinski definition) is 4. The van der Waals surface area contributed by atoms with E-state index in [1.807, 2.05) is 48.5 Å². The molecule has 0 spiro atoms. The molecule has 6 nitrogen and oxygen atoms in total. The Balaban J connectivity index is 1.47. The van der Waals surface area contributed by atoms with Gasteiger partial charge in [0.2, 0.25) is 11.7 Å². The number of halogens is 1. The zero-order valence-corrected chi connectivity index (χ0v) is 18.0. The van der Waals surface area contributed by atoms with E-state index in [9.17, 15) is 4.79 Å². The molecule has 4 rings (SSSR count). The van der Waals surface area contributed by atoms with E-state index in [-0.39, 0.29) is 12.1 Å². The molecule has 3 aromatic rings. The summed E-state index contributed by atoms with van der Waals surface area (Å²) >= 11 is 3.42. The fourth-order valence-electron chi connectivity index (χ4n) is 3.50. The summed E-state index contributed by atoms with van der Waals surface area (Å²) in [6.07, 6.45) is 1.71. The van der Waals surface area contributed by atoms with Crippen LogP contribution in [0.3, 0.4) is 0 Å². The largest absolute Gasteiger partial charge is 0.337 e. The first kappa shape index (κ1) is 19.6. The predicted octanol–water partition coefficient (Wildman–Crippen LogP) is 5.99. The molecular weight excluding hydrogens is 432 g/mol. The lowest BCUT2D eigenvalue weighted by Crippen LogP contribution is -2.34. The molecule has 2 amide bonds. The number of nitrogens with zero attached hydrogens (tertiary/aromatic N) is 3. The first-order chi connectivity index (χ1) is 14.0. The Morgan fingerprint density at radius 1 is 1.17 bits per heavy atom. The number of aromatic nitrogens is 2. The summed E-state index contributed by atoms with van der Waals surface area (Å²) in [6, 6.07) is 15.4. The van der Waals surface area contributed by atoms with Crippen LogP contribution in [0.1, 0.15) is 50.1 Å². The van der Waals surface area contributed by atoms with Crippen molar-refractivity contribution in [1.82, 2.24) is 15.0 Å². The Bertz CT molecular complexity index is 983. The minimum Gasteiger partial charge on any atom is -0.337 e. The highest BCUT2D eigenvalue weighted by Crippen LogP contribution is 2.32. The minimum atomic E-state index is -0.207. The molecule has 2 aromatic carbocycles. The molecule has 0 radical (unpaired) electrons. The van der Waals surface area contributed by atoms with E-state index in [0.29, 0.717) is 24.2 Å². The van der Waals surface area contributed by atoms with Gasteiger partial charge >= 0.3 is 6.03 Å². The van der Waals surface area contributed by atoms with Gasteiger partial charge in [-0.3, -0.25) is 0 Å². The fraction of sp³-hybridized carbons (Fsp3) is 0.318. The summed E-state index contributed by atoms with van der Waals surface area (Å²) < 4.78 is 6.50. The van der Waals surface area contributed by atoms with Crippen LogP contribution in [0.15, 0.2) is 57.5 Å². The Morgan fingerprint density at radius 2 is 1.90 bits per heavy atom. The van der Waals surface area contributed by atoms with Crippen molar-refractivity contribution in [2.24, 2.45) is 0 Å². The monoisotopic (exact) mass is 454 g/mol. The molecule has 1 fully saturated rings. The van der Waals surface area contributed by atoms with Crippen LogP contribution in [0.4, 0.5) is 10.5 Å². The maximum atomic E-state index is 12.9. The van der Waals surface area contributed by atoms with Gasteiger partial charge in [-0.05, 0) is 60.7 Å². The van der Waals surface area contributed by atoms with Crippen molar-refractivity contribution in [3.8, 4) is 11.4 Å². The van der Waals surface area contributed by atoms with Crippen LogP contribution in [0.5, 0.6) is 0 Å². The number of nitrogens with one attached hydrogen (secondary N) is 1. The number of carbonyl (C=O) groups excluding carboxylic acids is 1. The number of rotatable bonds is 4. The lowest BCUT2D eigenvalue weighted by atomic mass is 10.0. The lowest BCUT2D eigenvalue weighted by molar-refractivity contribution is 0.193. The van der Waals surface area contributed by atoms with Gasteiger partial charge in [0.15, 0.2) is 0 Å². The van der Waals surface area contributed by atoms with Gasteiger partial charge in [-0.2, -0.15) is 4.98 Å². The standard InChI is InChI=1S/C22H23BrN4O2/c1-14(2)15-7-11-18(12-8-15)24-22(28)27-13-3-4-19(27)21-25-20(26-29-21)16-5-9-17(23)10-6-16/h5-12,14,19H,3-4,13H2,1-2H3,(H,24,28). The Hall–Kier alpha value is -2.67. The van der Waals surface area contributed by atoms with Gasteiger partial charge in [0, 0.05) is 22.3 Å². The third-order valence-electron chi connectivity index (χ3n) is 5.17. The van der Waals surface area contributed by atoms with E-state index in [4.69, 9.17) is 4.52 Å². The summed E-state index contributed by atoms with van der Waals surface area (Å²) in [5.41, 5.74) is 2.90. The fourth-order valence-corrected chi connectivity index (χ4v) is 3.76. The third-order valence-corrected chi connectivity index (χ3v) is 5.70. The first-order valence-corrected chi connectivity index (χ1v) is 10.6.